The zero-order valence-electron chi connectivity index (χ0n) is 13.5. The van der Waals surface area contributed by atoms with E-state index in [2.05, 4.69) is 13.8 Å². The first-order valence-corrected chi connectivity index (χ1v) is 7.86. The molecule has 0 spiro atoms. The molecule has 1 atom stereocenters. The molecule has 118 valence electrons. The van der Waals surface area contributed by atoms with Crippen molar-refractivity contribution in [2.45, 2.75) is 46.1 Å². The minimum absolute atomic E-state index is 0.0221. The fourth-order valence-electron chi connectivity index (χ4n) is 2.34. The lowest BCUT2D eigenvalue weighted by Crippen LogP contribution is -2.30. The van der Waals surface area contributed by atoms with Crippen LogP contribution in [-0.4, -0.2) is 24.4 Å². The lowest BCUT2D eigenvalue weighted by atomic mass is 9.84. The second-order valence-corrected chi connectivity index (χ2v) is 6.87. The summed E-state index contributed by atoms with van der Waals surface area (Å²) in [6.45, 7) is 7.01. The first kappa shape index (κ1) is 18.0. The largest absolute Gasteiger partial charge is 0.339 e. The summed E-state index contributed by atoms with van der Waals surface area (Å²) in [5.41, 5.74) is 6.78. The van der Waals surface area contributed by atoms with Crippen LogP contribution in [0.2, 0.25) is 5.02 Å². The van der Waals surface area contributed by atoms with Crippen molar-refractivity contribution in [2.24, 2.45) is 11.1 Å². The van der Waals surface area contributed by atoms with Gasteiger partial charge in [0.2, 0.25) is 5.91 Å². The lowest BCUT2D eigenvalue weighted by Gasteiger charge is -2.28. The average Bonchev–Trinajstić information content (AvgIpc) is 2.43. The quantitative estimate of drug-likeness (QED) is 0.827. The molecule has 1 aromatic carbocycles. The maximum absolute atomic E-state index is 12.4. The Balaban J connectivity index is 2.62. The molecule has 0 fully saturated rings. The van der Waals surface area contributed by atoms with Crippen LogP contribution in [0.3, 0.4) is 0 Å². The molecule has 3 nitrogen and oxygen atoms in total. The second kappa shape index (κ2) is 7.81. The highest BCUT2D eigenvalue weighted by Crippen LogP contribution is 2.28. The normalized spacial score (nSPS) is 13.0. The predicted molar refractivity (Wildman–Crippen MR) is 89.3 cm³/mol. The van der Waals surface area contributed by atoms with Gasteiger partial charge in [-0.15, -0.1) is 0 Å². The number of amides is 1. The van der Waals surface area contributed by atoms with Crippen LogP contribution in [-0.2, 0) is 4.79 Å². The number of carbonyl (C=O) groups excluding carboxylic acids is 1. The highest BCUT2D eigenvalue weighted by atomic mass is 35.5. The third-order valence-corrected chi connectivity index (χ3v) is 4.38. The molecule has 2 N–H and O–H groups in total. The zero-order chi connectivity index (χ0) is 16.0. The molecule has 0 bridgehead atoms. The SMILES string of the molecule is CC(c1cccc(Cl)c1)N(C)C(=O)CCC(C)(C)CCN. The molecular weight excluding hydrogens is 284 g/mol. The molecule has 1 amide bonds. The fraction of sp³-hybridized carbons (Fsp3) is 0.588. The summed E-state index contributed by atoms with van der Waals surface area (Å²) < 4.78 is 0. The number of carbonyl (C=O) groups is 1. The summed E-state index contributed by atoms with van der Waals surface area (Å²) in [7, 11) is 1.85. The van der Waals surface area contributed by atoms with Gasteiger partial charge in [-0.05, 0) is 49.4 Å². The molecule has 0 aliphatic rings. The van der Waals surface area contributed by atoms with E-state index in [1.165, 1.54) is 0 Å². The van der Waals surface area contributed by atoms with Crippen LogP contribution in [0.25, 0.3) is 0 Å². The molecule has 21 heavy (non-hydrogen) atoms. The van der Waals surface area contributed by atoms with Gasteiger partial charge in [0, 0.05) is 18.5 Å². The molecule has 0 radical (unpaired) electrons. The van der Waals surface area contributed by atoms with Crippen molar-refractivity contribution >= 4 is 17.5 Å². The fourth-order valence-corrected chi connectivity index (χ4v) is 2.54. The number of nitrogens with zero attached hydrogens (tertiary/aromatic N) is 1. The number of nitrogens with two attached hydrogens (primary N) is 1. The third kappa shape index (κ3) is 5.68. The Morgan fingerprint density at radius 1 is 1.38 bits per heavy atom. The van der Waals surface area contributed by atoms with E-state index in [4.69, 9.17) is 17.3 Å². The summed E-state index contributed by atoms with van der Waals surface area (Å²) in [4.78, 5) is 14.2. The highest BCUT2D eigenvalue weighted by molar-refractivity contribution is 6.30. The molecule has 0 heterocycles. The van der Waals surface area contributed by atoms with Gasteiger partial charge in [-0.2, -0.15) is 0 Å². The first-order chi connectivity index (χ1) is 9.76. The molecule has 0 aromatic heterocycles. The van der Waals surface area contributed by atoms with E-state index in [0.717, 1.165) is 18.4 Å². The van der Waals surface area contributed by atoms with Gasteiger partial charge < -0.3 is 10.6 Å². The molecule has 0 aliphatic heterocycles. The van der Waals surface area contributed by atoms with E-state index in [9.17, 15) is 4.79 Å². The first-order valence-electron chi connectivity index (χ1n) is 7.48. The van der Waals surface area contributed by atoms with Crippen LogP contribution in [0.5, 0.6) is 0 Å². The summed E-state index contributed by atoms with van der Waals surface area (Å²) >= 11 is 6.01. The van der Waals surface area contributed by atoms with Crippen molar-refractivity contribution in [1.29, 1.82) is 0 Å². The molecule has 0 saturated carbocycles. The van der Waals surface area contributed by atoms with E-state index in [1.807, 2.05) is 38.2 Å². The number of halogens is 1. The summed E-state index contributed by atoms with van der Waals surface area (Å²) in [5, 5.41) is 0.698. The lowest BCUT2D eigenvalue weighted by molar-refractivity contribution is -0.132. The molecular formula is C17H27ClN2O. The maximum Gasteiger partial charge on any atom is 0.222 e. The molecule has 1 unspecified atom stereocenters. The highest BCUT2D eigenvalue weighted by Gasteiger charge is 2.22. The van der Waals surface area contributed by atoms with Gasteiger partial charge in [-0.25, -0.2) is 0 Å². The molecule has 0 saturated heterocycles. The summed E-state index contributed by atoms with van der Waals surface area (Å²) in [6, 6.07) is 7.69. The number of benzene rings is 1. The van der Waals surface area contributed by atoms with E-state index in [1.54, 1.807) is 4.90 Å². The topological polar surface area (TPSA) is 46.3 Å². The molecule has 0 aliphatic carbocycles. The van der Waals surface area contributed by atoms with Crippen molar-refractivity contribution < 1.29 is 4.79 Å². The Morgan fingerprint density at radius 2 is 2.05 bits per heavy atom. The van der Waals surface area contributed by atoms with Crippen LogP contribution >= 0.6 is 11.6 Å². The van der Waals surface area contributed by atoms with E-state index < -0.39 is 0 Å². The Kier molecular flexibility index (Phi) is 6.69. The molecule has 4 heteroatoms. The predicted octanol–water partition coefficient (Wildman–Crippen LogP) is 4.01. The van der Waals surface area contributed by atoms with Crippen LogP contribution in [0.4, 0.5) is 0 Å². The zero-order valence-corrected chi connectivity index (χ0v) is 14.3. The van der Waals surface area contributed by atoms with Gasteiger partial charge in [0.05, 0.1) is 6.04 Å². The van der Waals surface area contributed by atoms with Gasteiger partial charge in [-0.3, -0.25) is 4.79 Å². The van der Waals surface area contributed by atoms with Crippen LogP contribution < -0.4 is 5.73 Å². The van der Waals surface area contributed by atoms with Crippen LogP contribution in [0.1, 0.15) is 51.6 Å². The monoisotopic (exact) mass is 310 g/mol. The van der Waals surface area contributed by atoms with Gasteiger partial charge in [0.25, 0.3) is 0 Å². The number of hydrogen-bond donors (Lipinski definition) is 1. The van der Waals surface area contributed by atoms with Crippen molar-refractivity contribution in [3.05, 3.63) is 34.9 Å². The van der Waals surface area contributed by atoms with Crippen molar-refractivity contribution in [2.75, 3.05) is 13.6 Å². The maximum atomic E-state index is 12.4. The Morgan fingerprint density at radius 3 is 2.62 bits per heavy atom. The van der Waals surface area contributed by atoms with Crippen molar-refractivity contribution in [1.82, 2.24) is 4.90 Å². The standard InChI is InChI=1S/C17H27ClN2O/c1-13(14-6-5-7-15(18)12-14)20(4)16(21)8-9-17(2,3)10-11-19/h5-7,12-13H,8-11,19H2,1-4H3. The molecule has 1 aromatic rings. The number of hydrogen-bond acceptors (Lipinski definition) is 2. The van der Waals surface area contributed by atoms with E-state index >= 15 is 0 Å². The van der Waals surface area contributed by atoms with E-state index in [-0.39, 0.29) is 17.4 Å². The number of rotatable bonds is 7. The van der Waals surface area contributed by atoms with Gasteiger partial charge in [0.1, 0.15) is 0 Å². The summed E-state index contributed by atoms with van der Waals surface area (Å²) in [6.07, 6.45) is 2.35. The van der Waals surface area contributed by atoms with Crippen molar-refractivity contribution in [3.8, 4) is 0 Å². The smallest absolute Gasteiger partial charge is 0.222 e. The van der Waals surface area contributed by atoms with Crippen molar-refractivity contribution in [3.63, 3.8) is 0 Å². The Bertz CT molecular complexity index is 474. The summed E-state index contributed by atoms with van der Waals surface area (Å²) in [5.74, 6) is 0.160. The van der Waals surface area contributed by atoms with Gasteiger partial charge >= 0.3 is 0 Å². The van der Waals surface area contributed by atoms with Gasteiger partial charge in [0.15, 0.2) is 0 Å². The Hall–Kier alpha value is -1.06. The van der Waals surface area contributed by atoms with Crippen LogP contribution in [0, 0.1) is 5.41 Å². The third-order valence-electron chi connectivity index (χ3n) is 4.14. The van der Waals surface area contributed by atoms with E-state index in [0.29, 0.717) is 18.0 Å². The second-order valence-electron chi connectivity index (χ2n) is 6.44. The van der Waals surface area contributed by atoms with Gasteiger partial charge in [-0.1, -0.05) is 37.6 Å². The minimum atomic E-state index is 0.0221. The molecule has 1 rings (SSSR count). The minimum Gasteiger partial charge on any atom is -0.339 e. The average molecular weight is 311 g/mol. The Labute approximate surface area is 133 Å². The van der Waals surface area contributed by atoms with Crippen LogP contribution in [0.15, 0.2) is 24.3 Å².